The second-order valence-electron chi connectivity index (χ2n) is 6.77. The number of carbonyl (C=O) groups excluding carboxylic acids is 1. The summed E-state index contributed by atoms with van der Waals surface area (Å²) in [6.07, 6.45) is -0.0452. The van der Waals surface area contributed by atoms with Crippen molar-refractivity contribution in [2.24, 2.45) is 5.92 Å². The summed E-state index contributed by atoms with van der Waals surface area (Å²) < 4.78 is 5.68. The molecule has 0 aliphatic heterocycles. The fourth-order valence-corrected chi connectivity index (χ4v) is 2.84. The number of aliphatic hydroxyl groups is 1. The van der Waals surface area contributed by atoms with E-state index in [1.165, 1.54) is 0 Å². The molecule has 0 saturated carbocycles. The largest absolute Gasteiger partial charge is 0.386 e. The fourth-order valence-electron chi connectivity index (χ4n) is 2.84. The third kappa shape index (κ3) is 5.68. The van der Waals surface area contributed by atoms with Crippen LogP contribution in [0.25, 0.3) is 0 Å². The number of ether oxygens (including phenoxy) is 1. The summed E-state index contributed by atoms with van der Waals surface area (Å²) in [6.45, 7) is 4.87. The molecule has 2 aromatic rings. The molecule has 0 aliphatic rings. The maximum absolute atomic E-state index is 12.6. The normalized spacial score (nSPS) is 14.5. The average molecular weight is 355 g/mol. The fraction of sp³-hybridized carbons (Fsp3) is 0.409. The molecular weight excluding hydrogens is 326 g/mol. The Morgan fingerprint density at radius 3 is 2.23 bits per heavy atom. The molecule has 0 radical (unpaired) electrons. The molecule has 0 unspecified atom stereocenters. The quantitative estimate of drug-likeness (QED) is 0.696. The Kier molecular flexibility index (Phi) is 7.82. The third-order valence-corrected chi connectivity index (χ3v) is 4.78. The minimum atomic E-state index is -0.702. The molecule has 2 rings (SSSR count). The van der Waals surface area contributed by atoms with Gasteiger partial charge < -0.3 is 14.7 Å². The highest BCUT2D eigenvalue weighted by Gasteiger charge is 2.26. The van der Waals surface area contributed by atoms with Gasteiger partial charge in [-0.25, -0.2) is 0 Å². The predicted molar refractivity (Wildman–Crippen MR) is 104 cm³/mol. The van der Waals surface area contributed by atoms with Gasteiger partial charge >= 0.3 is 0 Å². The molecule has 26 heavy (non-hydrogen) atoms. The van der Waals surface area contributed by atoms with E-state index in [9.17, 15) is 9.90 Å². The van der Waals surface area contributed by atoms with Gasteiger partial charge in [0.25, 0.3) is 0 Å². The summed E-state index contributed by atoms with van der Waals surface area (Å²) in [5, 5.41) is 10.5. The predicted octanol–water partition coefficient (Wildman–Crippen LogP) is 3.81. The number of hydrogen-bond donors (Lipinski definition) is 1. The number of nitrogens with zero attached hydrogens (tertiary/aromatic N) is 1. The van der Waals surface area contributed by atoms with Crippen LogP contribution in [0.3, 0.4) is 0 Å². The Labute approximate surface area is 156 Å². The van der Waals surface area contributed by atoms with Crippen LogP contribution in [0.5, 0.6) is 0 Å². The van der Waals surface area contributed by atoms with Crippen molar-refractivity contribution in [1.82, 2.24) is 4.90 Å². The molecule has 4 nitrogen and oxygen atoms in total. The zero-order valence-electron chi connectivity index (χ0n) is 15.8. The first-order chi connectivity index (χ1) is 12.5. The molecule has 3 atom stereocenters. The van der Waals surface area contributed by atoms with Gasteiger partial charge in [0.15, 0.2) is 0 Å². The first-order valence-corrected chi connectivity index (χ1v) is 9.12. The number of hydrogen-bond acceptors (Lipinski definition) is 3. The molecule has 0 saturated heterocycles. The van der Waals surface area contributed by atoms with E-state index < -0.39 is 6.10 Å². The van der Waals surface area contributed by atoms with Crippen molar-refractivity contribution in [3.63, 3.8) is 0 Å². The van der Waals surface area contributed by atoms with Crippen molar-refractivity contribution in [2.45, 2.75) is 39.0 Å². The van der Waals surface area contributed by atoms with Crippen molar-refractivity contribution in [3.8, 4) is 0 Å². The Morgan fingerprint density at radius 2 is 1.62 bits per heavy atom. The topological polar surface area (TPSA) is 49.8 Å². The van der Waals surface area contributed by atoms with E-state index in [-0.39, 0.29) is 17.9 Å². The summed E-state index contributed by atoms with van der Waals surface area (Å²) in [5.41, 5.74) is 1.95. The van der Waals surface area contributed by atoms with E-state index in [1.54, 1.807) is 11.9 Å². The molecule has 1 N–H and O–H groups in total. The number of aliphatic hydroxyl groups excluding tert-OH is 1. The Balaban J connectivity index is 1.79. The lowest BCUT2D eigenvalue weighted by Crippen LogP contribution is -2.41. The first kappa shape index (κ1) is 20.1. The molecule has 1 amide bonds. The second-order valence-corrected chi connectivity index (χ2v) is 6.77. The van der Waals surface area contributed by atoms with Crippen LogP contribution in [0, 0.1) is 5.92 Å². The van der Waals surface area contributed by atoms with Crippen molar-refractivity contribution in [1.29, 1.82) is 0 Å². The number of likely N-dealkylation sites (N-methyl/N-ethyl adjacent to an activating group) is 1. The standard InChI is InChI=1S/C22H29NO3/c1-17(14-15-26-16-19-10-6-4-7-11-19)22(25)23(3)18(2)21(24)20-12-8-5-9-13-20/h4-13,17-18,21,24H,14-16H2,1-3H3/t17-,18+,21-/m1/s1. The molecule has 140 valence electrons. The zero-order valence-corrected chi connectivity index (χ0v) is 15.8. The number of benzene rings is 2. The molecule has 0 bridgehead atoms. The number of amides is 1. The van der Waals surface area contributed by atoms with Crippen LogP contribution >= 0.6 is 0 Å². The van der Waals surface area contributed by atoms with E-state index in [4.69, 9.17) is 4.74 Å². The van der Waals surface area contributed by atoms with E-state index in [0.29, 0.717) is 19.6 Å². The van der Waals surface area contributed by atoms with Crippen LogP contribution in [0.2, 0.25) is 0 Å². The van der Waals surface area contributed by atoms with Gasteiger partial charge in [-0.1, -0.05) is 67.6 Å². The number of rotatable bonds is 9. The Bertz CT molecular complexity index is 660. The van der Waals surface area contributed by atoms with Gasteiger partial charge in [-0.2, -0.15) is 0 Å². The summed E-state index contributed by atoms with van der Waals surface area (Å²) >= 11 is 0. The smallest absolute Gasteiger partial charge is 0.225 e. The Morgan fingerprint density at radius 1 is 1.04 bits per heavy atom. The van der Waals surface area contributed by atoms with E-state index in [2.05, 4.69) is 0 Å². The lowest BCUT2D eigenvalue weighted by Gasteiger charge is -2.31. The van der Waals surface area contributed by atoms with Gasteiger partial charge in [0.2, 0.25) is 5.91 Å². The molecular formula is C22H29NO3. The molecule has 0 heterocycles. The first-order valence-electron chi connectivity index (χ1n) is 9.12. The zero-order chi connectivity index (χ0) is 18.9. The maximum Gasteiger partial charge on any atom is 0.225 e. The van der Waals surface area contributed by atoms with Crippen LogP contribution in [-0.2, 0) is 16.1 Å². The number of carbonyl (C=O) groups is 1. The van der Waals surface area contributed by atoms with Crippen LogP contribution in [0.15, 0.2) is 60.7 Å². The van der Waals surface area contributed by atoms with E-state index in [0.717, 1.165) is 11.1 Å². The highest BCUT2D eigenvalue weighted by molar-refractivity contribution is 5.78. The second kappa shape index (κ2) is 10.1. The van der Waals surface area contributed by atoms with Gasteiger partial charge in [-0.3, -0.25) is 4.79 Å². The molecule has 0 spiro atoms. The summed E-state index contributed by atoms with van der Waals surface area (Å²) in [5.74, 6) is -0.128. The molecule has 0 aromatic heterocycles. The lowest BCUT2D eigenvalue weighted by molar-refractivity contribution is -0.138. The summed E-state index contributed by atoms with van der Waals surface area (Å²) in [7, 11) is 1.75. The Hall–Kier alpha value is -2.17. The van der Waals surface area contributed by atoms with Gasteiger partial charge in [0.1, 0.15) is 0 Å². The van der Waals surface area contributed by atoms with E-state index >= 15 is 0 Å². The lowest BCUT2D eigenvalue weighted by atomic mass is 10.0. The van der Waals surface area contributed by atoms with Gasteiger partial charge in [0, 0.05) is 19.6 Å². The van der Waals surface area contributed by atoms with Crippen molar-refractivity contribution < 1.29 is 14.6 Å². The van der Waals surface area contributed by atoms with Crippen molar-refractivity contribution in [2.75, 3.05) is 13.7 Å². The van der Waals surface area contributed by atoms with Crippen LogP contribution < -0.4 is 0 Å². The third-order valence-electron chi connectivity index (χ3n) is 4.78. The van der Waals surface area contributed by atoms with Gasteiger partial charge in [-0.05, 0) is 24.5 Å². The van der Waals surface area contributed by atoms with E-state index in [1.807, 2.05) is 74.5 Å². The highest BCUT2D eigenvalue weighted by atomic mass is 16.5. The molecule has 4 heteroatoms. The van der Waals surface area contributed by atoms with Crippen molar-refractivity contribution >= 4 is 5.91 Å². The van der Waals surface area contributed by atoms with Crippen LogP contribution in [0.4, 0.5) is 0 Å². The molecule has 0 fully saturated rings. The highest BCUT2D eigenvalue weighted by Crippen LogP contribution is 2.21. The van der Waals surface area contributed by atoms with Crippen molar-refractivity contribution in [3.05, 3.63) is 71.8 Å². The monoisotopic (exact) mass is 355 g/mol. The minimum Gasteiger partial charge on any atom is -0.386 e. The summed E-state index contributed by atoms with van der Waals surface area (Å²) in [4.78, 5) is 14.3. The van der Waals surface area contributed by atoms with Crippen LogP contribution in [0.1, 0.15) is 37.5 Å². The van der Waals surface area contributed by atoms with Gasteiger partial charge in [-0.15, -0.1) is 0 Å². The van der Waals surface area contributed by atoms with Crippen LogP contribution in [-0.4, -0.2) is 35.6 Å². The average Bonchev–Trinajstić information content (AvgIpc) is 2.70. The maximum atomic E-state index is 12.6. The SMILES string of the molecule is C[C@H](CCOCc1ccccc1)C(=O)N(C)[C@@H](C)[C@@H](O)c1ccccc1. The summed E-state index contributed by atoms with van der Waals surface area (Å²) in [6, 6.07) is 19.1. The van der Waals surface area contributed by atoms with Gasteiger partial charge in [0.05, 0.1) is 18.8 Å². The molecule has 0 aliphatic carbocycles. The molecule has 2 aromatic carbocycles. The minimum absolute atomic E-state index is 0.0239.